The first-order valence-electron chi connectivity index (χ1n) is 10.4. The van der Waals surface area contributed by atoms with Crippen LogP contribution < -0.4 is 5.32 Å². The molecule has 2 aromatic rings. The van der Waals surface area contributed by atoms with Crippen molar-refractivity contribution in [2.75, 3.05) is 6.54 Å². The number of ketones is 1. The van der Waals surface area contributed by atoms with E-state index in [2.05, 4.69) is 15.4 Å². The molecule has 31 heavy (non-hydrogen) atoms. The van der Waals surface area contributed by atoms with E-state index in [0.717, 1.165) is 6.42 Å². The standard InChI is InChI=1S/C21H23Cl2N5O3/c1-11(29)18-13-3-4-24-7-16(13)27(26-18)8-17(30)28-14-5-12(14)6-15(28)19(31)25-10-20(2)9-21(20,22)23/h3-4,7,12,14-15H,5-6,8-10H2,1-2H3,(H,25,31)/t12-,14-,15+,20?/m1/s1. The van der Waals surface area contributed by atoms with Crippen LogP contribution in [0, 0.1) is 11.3 Å². The summed E-state index contributed by atoms with van der Waals surface area (Å²) in [6.45, 7) is 3.71. The smallest absolute Gasteiger partial charge is 0.245 e. The fourth-order valence-corrected chi connectivity index (χ4v) is 5.42. The lowest BCUT2D eigenvalue weighted by molar-refractivity contribution is -0.140. The number of hydrogen-bond donors (Lipinski definition) is 1. The van der Waals surface area contributed by atoms with Gasteiger partial charge in [-0.2, -0.15) is 5.10 Å². The molecule has 8 nitrogen and oxygen atoms in total. The Labute approximate surface area is 189 Å². The number of alkyl halides is 2. The third-order valence-electron chi connectivity index (χ3n) is 6.89. The van der Waals surface area contributed by atoms with Crippen LogP contribution >= 0.6 is 23.2 Å². The second-order valence-electron chi connectivity index (χ2n) is 9.23. The van der Waals surface area contributed by atoms with Crippen LogP contribution in [0.2, 0.25) is 0 Å². The van der Waals surface area contributed by atoms with Gasteiger partial charge in [0.1, 0.15) is 22.6 Å². The molecule has 10 heteroatoms. The van der Waals surface area contributed by atoms with E-state index in [4.69, 9.17) is 23.2 Å². The van der Waals surface area contributed by atoms with Crippen LogP contribution in [0.3, 0.4) is 0 Å². The Hall–Kier alpha value is -2.19. The van der Waals surface area contributed by atoms with Crippen molar-refractivity contribution in [3.63, 3.8) is 0 Å². The summed E-state index contributed by atoms with van der Waals surface area (Å²) in [5, 5.41) is 7.96. The Bertz CT molecular complexity index is 1120. The maximum absolute atomic E-state index is 13.2. The van der Waals surface area contributed by atoms with Gasteiger partial charge >= 0.3 is 0 Å². The van der Waals surface area contributed by atoms with E-state index in [0.29, 0.717) is 41.9 Å². The predicted octanol–water partition coefficient (Wildman–Crippen LogP) is 2.32. The topological polar surface area (TPSA) is 97.2 Å². The Morgan fingerprint density at radius 2 is 2.03 bits per heavy atom. The molecule has 5 rings (SSSR count). The zero-order valence-electron chi connectivity index (χ0n) is 17.3. The van der Waals surface area contributed by atoms with Gasteiger partial charge in [0.05, 0.1) is 11.7 Å². The molecule has 0 bridgehead atoms. The highest BCUT2D eigenvalue weighted by atomic mass is 35.5. The number of carbonyl (C=O) groups is 3. The van der Waals surface area contributed by atoms with Gasteiger partial charge in [0.25, 0.3) is 0 Å². The summed E-state index contributed by atoms with van der Waals surface area (Å²) in [7, 11) is 0. The second kappa shape index (κ2) is 6.90. The molecule has 3 aliphatic rings. The molecule has 4 atom stereocenters. The first-order valence-corrected chi connectivity index (χ1v) is 11.1. The van der Waals surface area contributed by atoms with Gasteiger partial charge in [-0.1, -0.05) is 6.92 Å². The lowest BCUT2D eigenvalue weighted by Gasteiger charge is -2.27. The van der Waals surface area contributed by atoms with Crippen molar-refractivity contribution >= 4 is 51.7 Å². The average molecular weight is 464 g/mol. The van der Waals surface area contributed by atoms with Crippen molar-refractivity contribution in [2.45, 2.75) is 56.1 Å². The van der Waals surface area contributed by atoms with Gasteiger partial charge in [-0.3, -0.25) is 24.0 Å². The Morgan fingerprint density at radius 1 is 1.29 bits per heavy atom. The van der Waals surface area contributed by atoms with Crippen LogP contribution in [0.1, 0.15) is 43.6 Å². The Balaban J connectivity index is 1.32. The number of Topliss-reactive ketones (excluding diaryl/α,β-unsaturated/α-hetero) is 1. The van der Waals surface area contributed by atoms with Gasteiger partial charge in [0.15, 0.2) is 5.78 Å². The number of piperidine rings is 1. The van der Waals surface area contributed by atoms with E-state index < -0.39 is 10.4 Å². The zero-order valence-corrected chi connectivity index (χ0v) is 18.8. The number of hydrogen-bond acceptors (Lipinski definition) is 5. The molecular weight excluding hydrogens is 441 g/mol. The monoisotopic (exact) mass is 463 g/mol. The summed E-state index contributed by atoms with van der Waals surface area (Å²) in [5.41, 5.74) is 0.594. The molecule has 1 unspecified atom stereocenters. The third-order valence-corrected chi connectivity index (χ3v) is 8.07. The highest BCUT2D eigenvalue weighted by molar-refractivity contribution is 6.51. The molecule has 2 aliphatic carbocycles. The molecule has 0 aromatic carbocycles. The van der Waals surface area contributed by atoms with E-state index in [9.17, 15) is 14.4 Å². The summed E-state index contributed by atoms with van der Waals surface area (Å²) < 4.78 is 0.698. The average Bonchev–Trinajstić information content (AvgIpc) is 3.44. The number of carbonyl (C=O) groups excluding carboxylic acids is 3. The lowest BCUT2D eigenvalue weighted by atomic mass is 10.1. The van der Waals surface area contributed by atoms with Gasteiger partial charge in [-0.15, -0.1) is 23.2 Å². The van der Waals surface area contributed by atoms with Gasteiger partial charge < -0.3 is 10.2 Å². The Morgan fingerprint density at radius 3 is 2.71 bits per heavy atom. The van der Waals surface area contributed by atoms with E-state index in [-0.39, 0.29) is 35.6 Å². The van der Waals surface area contributed by atoms with Crippen LogP contribution in [0.5, 0.6) is 0 Å². The molecule has 1 saturated heterocycles. The van der Waals surface area contributed by atoms with Gasteiger partial charge in [0, 0.05) is 36.5 Å². The first-order chi connectivity index (χ1) is 14.6. The quantitative estimate of drug-likeness (QED) is 0.523. The Kier molecular flexibility index (Phi) is 4.61. The van der Waals surface area contributed by atoms with Crippen LogP contribution in [0.25, 0.3) is 10.9 Å². The van der Waals surface area contributed by atoms with E-state index >= 15 is 0 Å². The number of halogens is 2. The second-order valence-corrected chi connectivity index (χ2v) is 10.7. The van der Waals surface area contributed by atoms with E-state index in [1.54, 1.807) is 23.4 Å². The number of aromatic nitrogens is 3. The summed E-state index contributed by atoms with van der Waals surface area (Å²) in [6, 6.07) is 1.30. The largest absolute Gasteiger partial charge is 0.354 e. The highest BCUT2D eigenvalue weighted by Gasteiger charge is 2.63. The molecule has 3 heterocycles. The molecular formula is C21H23Cl2N5O3. The van der Waals surface area contributed by atoms with Crippen LogP contribution in [0.15, 0.2) is 18.5 Å². The van der Waals surface area contributed by atoms with Crippen molar-refractivity contribution in [1.82, 2.24) is 25.0 Å². The number of amides is 2. The fraction of sp³-hybridized carbons (Fsp3) is 0.571. The lowest BCUT2D eigenvalue weighted by Crippen LogP contribution is -2.50. The van der Waals surface area contributed by atoms with Gasteiger partial charge in [0.2, 0.25) is 11.8 Å². The molecule has 3 fully saturated rings. The molecule has 0 radical (unpaired) electrons. The number of nitrogens with one attached hydrogen (secondary N) is 1. The summed E-state index contributed by atoms with van der Waals surface area (Å²) in [6.07, 6.45) is 5.39. The SMILES string of the molecule is CC(=O)c1nn(CC(=O)N2[C@@H]3C[C@@H]3C[C@H]2C(=O)NCC2(C)CC2(Cl)Cl)c2cnccc12. The number of fused-ring (bicyclic) bond motifs is 2. The summed E-state index contributed by atoms with van der Waals surface area (Å²) in [4.78, 5) is 43.9. The number of rotatable bonds is 6. The minimum absolute atomic E-state index is 0.0489. The fourth-order valence-electron chi connectivity index (χ4n) is 4.70. The maximum atomic E-state index is 13.2. The van der Waals surface area contributed by atoms with Crippen LogP contribution in [-0.2, 0) is 16.1 Å². The number of pyridine rings is 1. The first kappa shape index (κ1) is 20.7. The van der Waals surface area contributed by atoms with Crippen LogP contribution in [-0.4, -0.2) is 60.2 Å². The number of nitrogens with zero attached hydrogens (tertiary/aromatic N) is 4. The van der Waals surface area contributed by atoms with Crippen molar-refractivity contribution < 1.29 is 14.4 Å². The van der Waals surface area contributed by atoms with Gasteiger partial charge in [-0.25, -0.2) is 0 Å². The molecule has 2 amide bonds. The minimum Gasteiger partial charge on any atom is -0.354 e. The molecule has 0 spiro atoms. The molecule has 164 valence electrons. The third kappa shape index (κ3) is 3.40. The van der Waals surface area contributed by atoms with Crippen molar-refractivity contribution in [2.24, 2.45) is 11.3 Å². The molecule has 2 saturated carbocycles. The van der Waals surface area contributed by atoms with E-state index in [1.165, 1.54) is 11.6 Å². The zero-order chi connectivity index (χ0) is 22.1. The van der Waals surface area contributed by atoms with Crippen molar-refractivity contribution in [1.29, 1.82) is 0 Å². The molecule has 2 aromatic heterocycles. The molecule has 1 N–H and O–H groups in total. The number of likely N-dealkylation sites (tertiary alicyclic amines) is 1. The van der Waals surface area contributed by atoms with Crippen LogP contribution in [0.4, 0.5) is 0 Å². The van der Waals surface area contributed by atoms with Crippen molar-refractivity contribution in [3.05, 3.63) is 24.2 Å². The normalized spacial score (nSPS) is 30.2. The molecule has 1 aliphatic heterocycles. The minimum atomic E-state index is -0.808. The van der Waals surface area contributed by atoms with Crippen molar-refractivity contribution in [3.8, 4) is 0 Å². The van der Waals surface area contributed by atoms with E-state index in [1.807, 2.05) is 6.92 Å². The summed E-state index contributed by atoms with van der Waals surface area (Å²) >= 11 is 12.3. The maximum Gasteiger partial charge on any atom is 0.245 e. The predicted molar refractivity (Wildman–Crippen MR) is 115 cm³/mol. The highest BCUT2D eigenvalue weighted by Crippen LogP contribution is 2.63. The summed E-state index contributed by atoms with van der Waals surface area (Å²) in [5.74, 6) is -0.170. The van der Waals surface area contributed by atoms with Gasteiger partial charge in [-0.05, 0) is 31.2 Å².